The molecule has 3 nitrogen and oxygen atoms in total. The van der Waals surface area contributed by atoms with Crippen LogP contribution >= 0.6 is 0 Å². The highest BCUT2D eigenvalue weighted by atomic mass is 16.5. The smallest absolute Gasteiger partial charge is 0.126 e. The lowest BCUT2D eigenvalue weighted by Gasteiger charge is -2.32. The summed E-state index contributed by atoms with van der Waals surface area (Å²) in [5.74, 6) is 0.937. The highest BCUT2D eigenvalue weighted by molar-refractivity contribution is 5.57. The minimum Gasteiger partial charge on any atom is -0.496 e. The number of benzene rings is 1. The highest BCUT2D eigenvalue weighted by Crippen LogP contribution is 2.29. The molecule has 1 saturated carbocycles. The first kappa shape index (κ1) is 14.6. The standard InChI is InChI=1S/C18H26N2O/c1-21-18-7-3-2-5-15(18)6-4-12-19-16-10-13-20(14-11-16)17-8-9-17/h2-7,16-17,19H,8-14H2,1H3/b6-4-. The third-order valence-electron chi connectivity index (χ3n) is 4.55. The van der Waals surface area contributed by atoms with Gasteiger partial charge in [0, 0.05) is 24.2 Å². The monoisotopic (exact) mass is 286 g/mol. The van der Waals surface area contributed by atoms with Crippen molar-refractivity contribution >= 4 is 6.08 Å². The summed E-state index contributed by atoms with van der Waals surface area (Å²) in [6, 6.07) is 9.74. The van der Waals surface area contributed by atoms with Crippen LogP contribution in [-0.2, 0) is 0 Å². The normalized spacial score (nSPS) is 21.0. The molecule has 0 atom stereocenters. The van der Waals surface area contributed by atoms with Gasteiger partial charge in [0.05, 0.1) is 7.11 Å². The summed E-state index contributed by atoms with van der Waals surface area (Å²) in [5.41, 5.74) is 1.14. The molecule has 0 aromatic heterocycles. The molecule has 1 aliphatic carbocycles. The van der Waals surface area contributed by atoms with Crippen molar-refractivity contribution in [2.75, 3.05) is 26.7 Å². The van der Waals surface area contributed by atoms with E-state index in [2.05, 4.69) is 28.4 Å². The number of hydrogen-bond acceptors (Lipinski definition) is 3. The fourth-order valence-electron chi connectivity index (χ4n) is 3.13. The van der Waals surface area contributed by atoms with Crippen molar-refractivity contribution in [1.29, 1.82) is 0 Å². The number of ether oxygens (including phenoxy) is 1. The van der Waals surface area contributed by atoms with E-state index in [9.17, 15) is 0 Å². The van der Waals surface area contributed by atoms with Crippen LogP contribution in [0.3, 0.4) is 0 Å². The van der Waals surface area contributed by atoms with E-state index >= 15 is 0 Å². The van der Waals surface area contributed by atoms with Gasteiger partial charge in [-0.3, -0.25) is 0 Å². The van der Waals surface area contributed by atoms with E-state index in [-0.39, 0.29) is 0 Å². The highest BCUT2D eigenvalue weighted by Gasteiger charge is 2.31. The lowest BCUT2D eigenvalue weighted by molar-refractivity contribution is 0.191. The topological polar surface area (TPSA) is 24.5 Å². The Hall–Kier alpha value is -1.32. The van der Waals surface area contributed by atoms with Crippen molar-refractivity contribution in [3.8, 4) is 5.75 Å². The van der Waals surface area contributed by atoms with Gasteiger partial charge in [-0.25, -0.2) is 0 Å². The Balaban J connectivity index is 1.40. The molecular weight excluding hydrogens is 260 g/mol. The van der Waals surface area contributed by atoms with E-state index < -0.39 is 0 Å². The van der Waals surface area contributed by atoms with Crippen LogP contribution in [0.5, 0.6) is 5.75 Å². The molecule has 114 valence electrons. The number of para-hydroxylation sites is 1. The lowest BCUT2D eigenvalue weighted by Crippen LogP contribution is -2.43. The summed E-state index contributed by atoms with van der Waals surface area (Å²) in [7, 11) is 1.72. The Labute approximate surface area is 128 Å². The number of likely N-dealkylation sites (tertiary alicyclic amines) is 1. The van der Waals surface area contributed by atoms with Crippen LogP contribution in [0.1, 0.15) is 31.2 Å². The molecule has 1 saturated heterocycles. The van der Waals surface area contributed by atoms with Crippen LogP contribution in [0, 0.1) is 0 Å². The van der Waals surface area contributed by atoms with E-state index in [1.165, 1.54) is 38.8 Å². The molecule has 1 aliphatic heterocycles. The molecule has 0 amide bonds. The van der Waals surface area contributed by atoms with Gasteiger partial charge in [0.25, 0.3) is 0 Å². The Morgan fingerprint density at radius 3 is 2.67 bits per heavy atom. The molecule has 2 fully saturated rings. The minimum atomic E-state index is 0.683. The Morgan fingerprint density at radius 1 is 1.19 bits per heavy atom. The van der Waals surface area contributed by atoms with E-state index in [0.717, 1.165) is 23.9 Å². The lowest BCUT2D eigenvalue weighted by atomic mass is 10.0. The minimum absolute atomic E-state index is 0.683. The third-order valence-corrected chi connectivity index (χ3v) is 4.55. The summed E-state index contributed by atoms with van der Waals surface area (Å²) >= 11 is 0. The summed E-state index contributed by atoms with van der Waals surface area (Å²) in [6.07, 6.45) is 9.79. The molecule has 1 aromatic rings. The van der Waals surface area contributed by atoms with Gasteiger partial charge in [0.15, 0.2) is 0 Å². The zero-order valence-electron chi connectivity index (χ0n) is 12.9. The summed E-state index contributed by atoms with van der Waals surface area (Å²) < 4.78 is 5.36. The number of piperidine rings is 1. The van der Waals surface area contributed by atoms with Crippen LogP contribution in [-0.4, -0.2) is 43.7 Å². The molecule has 3 rings (SSSR count). The predicted molar refractivity (Wildman–Crippen MR) is 87.6 cm³/mol. The second-order valence-corrected chi connectivity index (χ2v) is 6.09. The molecule has 0 unspecified atom stereocenters. The van der Waals surface area contributed by atoms with Crippen LogP contribution in [0.4, 0.5) is 0 Å². The molecule has 0 bridgehead atoms. The first-order valence-corrected chi connectivity index (χ1v) is 8.14. The van der Waals surface area contributed by atoms with Crippen molar-refractivity contribution in [3.63, 3.8) is 0 Å². The van der Waals surface area contributed by atoms with Gasteiger partial charge >= 0.3 is 0 Å². The fourth-order valence-corrected chi connectivity index (χ4v) is 3.13. The Morgan fingerprint density at radius 2 is 1.95 bits per heavy atom. The molecule has 21 heavy (non-hydrogen) atoms. The van der Waals surface area contributed by atoms with Gasteiger partial charge < -0.3 is 15.0 Å². The molecule has 0 radical (unpaired) electrons. The Kier molecular flexibility index (Phi) is 4.94. The third kappa shape index (κ3) is 4.08. The van der Waals surface area contributed by atoms with Crippen LogP contribution in [0.2, 0.25) is 0 Å². The number of hydrogen-bond donors (Lipinski definition) is 1. The van der Waals surface area contributed by atoms with Crippen LogP contribution in [0.25, 0.3) is 6.08 Å². The summed E-state index contributed by atoms with van der Waals surface area (Å²) in [5, 5.41) is 3.65. The van der Waals surface area contributed by atoms with Crippen LogP contribution in [0.15, 0.2) is 30.3 Å². The van der Waals surface area contributed by atoms with Gasteiger partial charge in [-0.2, -0.15) is 0 Å². The van der Waals surface area contributed by atoms with Gasteiger partial charge in [-0.05, 0) is 44.8 Å². The largest absolute Gasteiger partial charge is 0.496 e. The molecule has 1 aromatic carbocycles. The van der Waals surface area contributed by atoms with Crippen molar-refractivity contribution < 1.29 is 4.74 Å². The Bertz CT molecular complexity index is 474. The molecule has 1 heterocycles. The number of nitrogens with zero attached hydrogens (tertiary/aromatic N) is 1. The van der Waals surface area contributed by atoms with E-state index in [0.29, 0.717) is 6.04 Å². The second kappa shape index (κ2) is 7.10. The van der Waals surface area contributed by atoms with Crippen molar-refractivity contribution in [2.24, 2.45) is 0 Å². The maximum atomic E-state index is 5.36. The zero-order chi connectivity index (χ0) is 14.5. The quantitative estimate of drug-likeness (QED) is 0.870. The number of rotatable bonds is 6. The molecule has 2 aliphatic rings. The molecule has 3 heteroatoms. The first-order chi connectivity index (χ1) is 10.4. The van der Waals surface area contributed by atoms with Crippen molar-refractivity contribution in [3.05, 3.63) is 35.9 Å². The van der Waals surface area contributed by atoms with Gasteiger partial charge in [0.2, 0.25) is 0 Å². The first-order valence-electron chi connectivity index (χ1n) is 8.14. The zero-order valence-corrected chi connectivity index (χ0v) is 12.9. The summed E-state index contributed by atoms with van der Waals surface area (Å²) in [6.45, 7) is 3.49. The predicted octanol–water partition coefficient (Wildman–Crippen LogP) is 2.92. The van der Waals surface area contributed by atoms with Crippen molar-refractivity contribution in [1.82, 2.24) is 10.2 Å². The number of nitrogens with one attached hydrogen (secondary N) is 1. The average molecular weight is 286 g/mol. The van der Waals surface area contributed by atoms with Gasteiger partial charge in [-0.15, -0.1) is 0 Å². The SMILES string of the molecule is COc1ccccc1/C=C\CNC1CCN(C2CC2)CC1. The number of methoxy groups -OCH3 is 1. The molecule has 1 N–H and O–H groups in total. The fraction of sp³-hybridized carbons (Fsp3) is 0.556. The molecular formula is C18H26N2O. The van der Waals surface area contributed by atoms with Crippen molar-refractivity contribution in [2.45, 2.75) is 37.8 Å². The molecule has 0 spiro atoms. The van der Waals surface area contributed by atoms with E-state index in [1.807, 2.05) is 18.2 Å². The van der Waals surface area contributed by atoms with E-state index in [1.54, 1.807) is 7.11 Å². The van der Waals surface area contributed by atoms with E-state index in [4.69, 9.17) is 4.74 Å². The summed E-state index contributed by atoms with van der Waals surface area (Å²) in [4.78, 5) is 2.67. The van der Waals surface area contributed by atoms with Gasteiger partial charge in [-0.1, -0.05) is 30.4 Å². The van der Waals surface area contributed by atoms with Crippen LogP contribution < -0.4 is 10.1 Å². The maximum absolute atomic E-state index is 5.36. The second-order valence-electron chi connectivity index (χ2n) is 6.09. The average Bonchev–Trinajstić information content (AvgIpc) is 3.37. The van der Waals surface area contributed by atoms with Gasteiger partial charge in [0.1, 0.15) is 5.75 Å². The maximum Gasteiger partial charge on any atom is 0.126 e.